The van der Waals surface area contributed by atoms with Gasteiger partial charge < -0.3 is 5.11 Å². The molecule has 2 rings (SSSR count). The van der Waals surface area contributed by atoms with Crippen molar-refractivity contribution >= 4 is 15.9 Å². The lowest BCUT2D eigenvalue weighted by atomic mass is 9.88. The Morgan fingerprint density at radius 3 is 2.76 bits per heavy atom. The lowest BCUT2D eigenvalue weighted by Gasteiger charge is -2.26. The number of nitrogens with zero attached hydrogens (tertiary/aromatic N) is 2. The predicted octanol–water partition coefficient (Wildman–Crippen LogP) is 2.89. The van der Waals surface area contributed by atoms with E-state index in [0.29, 0.717) is 12.1 Å². The van der Waals surface area contributed by atoms with E-state index >= 15 is 0 Å². The fourth-order valence-corrected chi connectivity index (χ4v) is 2.19. The molecule has 2 aromatic rings. The smallest absolute Gasteiger partial charge is 0.133 e. The monoisotopic (exact) mass is 292 g/mol. The summed E-state index contributed by atoms with van der Waals surface area (Å²) in [6.07, 6.45) is 5.33. The molecule has 0 aliphatic carbocycles. The summed E-state index contributed by atoms with van der Waals surface area (Å²) >= 11 is 3.41. The number of aliphatic hydroxyl groups is 1. The van der Waals surface area contributed by atoms with E-state index < -0.39 is 5.60 Å². The van der Waals surface area contributed by atoms with Gasteiger partial charge in [-0.2, -0.15) is 0 Å². The summed E-state index contributed by atoms with van der Waals surface area (Å²) in [6.45, 7) is 1.93. The summed E-state index contributed by atoms with van der Waals surface area (Å²) in [5.74, 6) is 0. The minimum absolute atomic E-state index is 0.544. The molecule has 1 aromatic carbocycles. The summed E-state index contributed by atoms with van der Waals surface area (Å²) < 4.78 is 0.936. The average molecular weight is 293 g/mol. The molecule has 4 heteroatoms. The highest BCUT2D eigenvalue weighted by atomic mass is 79.9. The number of aromatic nitrogens is 2. The molecule has 0 radical (unpaired) electrons. The standard InChI is InChI=1S/C13H13BrN2O/c1-2-13(17,12-9-15-6-7-16-12)10-4-3-5-11(14)8-10/h3-9,17H,2H2,1H3. The molecule has 0 aliphatic rings. The van der Waals surface area contributed by atoms with Crippen LogP contribution in [-0.4, -0.2) is 15.1 Å². The highest BCUT2D eigenvalue weighted by Crippen LogP contribution is 2.32. The summed E-state index contributed by atoms with van der Waals surface area (Å²) in [4.78, 5) is 8.21. The van der Waals surface area contributed by atoms with Crippen molar-refractivity contribution in [3.05, 3.63) is 58.6 Å². The predicted molar refractivity (Wildman–Crippen MR) is 69.5 cm³/mol. The van der Waals surface area contributed by atoms with Gasteiger partial charge in [-0.05, 0) is 24.1 Å². The topological polar surface area (TPSA) is 46.0 Å². The average Bonchev–Trinajstić information content (AvgIpc) is 2.39. The van der Waals surface area contributed by atoms with Gasteiger partial charge in [0.15, 0.2) is 0 Å². The molecular formula is C13H13BrN2O. The Morgan fingerprint density at radius 2 is 2.18 bits per heavy atom. The van der Waals surface area contributed by atoms with Crippen molar-refractivity contribution in [1.82, 2.24) is 9.97 Å². The van der Waals surface area contributed by atoms with Gasteiger partial charge in [0.1, 0.15) is 5.60 Å². The fourth-order valence-electron chi connectivity index (χ4n) is 1.79. The number of halogens is 1. The Bertz CT molecular complexity index is 504. The van der Waals surface area contributed by atoms with Crippen LogP contribution in [0, 0.1) is 0 Å². The van der Waals surface area contributed by atoms with Gasteiger partial charge in [-0.25, -0.2) is 0 Å². The zero-order valence-electron chi connectivity index (χ0n) is 9.47. The van der Waals surface area contributed by atoms with Gasteiger partial charge in [-0.15, -0.1) is 0 Å². The minimum Gasteiger partial charge on any atom is -0.379 e. The Labute approximate surface area is 109 Å². The molecule has 0 saturated heterocycles. The van der Waals surface area contributed by atoms with E-state index in [4.69, 9.17) is 0 Å². The summed E-state index contributed by atoms with van der Waals surface area (Å²) in [5.41, 5.74) is 0.299. The van der Waals surface area contributed by atoms with Crippen molar-refractivity contribution in [2.75, 3.05) is 0 Å². The van der Waals surface area contributed by atoms with Crippen LogP contribution in [0.2, 0.25) is 0 Å². The number of benzene rings is 1. The van der Waals surface area contributed by atoms with Gasteiger partial charge in [0.05, 0.1) is 11.9 Å². The van der Waals surface area contributed by atoms with Crippen molar-refractivity contribution < 1.29 is 5.11 Å². The molecule has 88 valence electrons. The van der Waals surface area contributed by atoms with Crippen LogP contribution in [0.3, 0.4) is 0 Å². The van der Waals surface area contributed by atoms with Gasteiger partial charge in [-0.1, -0.05) is 35.0 Å². The zero-order valence-corrected chi connectivity index (χ0v) is 11.1. The third kappa shape index (κ3) is 2.37. The Hall–Kier alpha value is -1.26. The third-order valence-corrected chi connectivity index (χ3v) is 3.29. The van der Waals surface area contributed by atoms with Crippen LogP contribution >= 0.6 is 15.9 Å². The van der Waals surface area contributed by atoms with Gasteiger partial charge in [0.2, 0.25) is 0 Å². The van der Waals surface area contributed by atoms with Gasteiger partial charge in [0.25, 0.3) is 0 Å². The van der Waals surface area contributed by atoms with Crippen molar-refractivity contribution in [1.29, 1.82) is 0 Å². The van der Waals surface area contributed by atoms with E-state index in [-0.39, 0.29) is 0 Å². The maximum atomic E-state index is 10.8. The Morgan fingerprint density at radius 1 is 1.35 bits per heavy atom. The van der Waals surface area contributed by atoms with Crippen LogP contribution in [0.25, 0.3) is 0 Å². The second-order valence-corrected chi connectivity index (χ2v) is 4.73. The van der Waals surface area contributed by atoms with Crippen LogP contribution in [0.4, 0.5) is 0 Å². The number of rotatable bonds is 3. The van der Waals surface area contributed by atoms with Crippen molar-refractivity contribution in [2.45, 2.75) is 18.9 Å². The molecule has 0 amide bonds. The molecule has 0 bridgehead atoms. The first kappa shape index (κ1) is 12.2. The lowest BCUT2D eigenvalue weighted by Crippen LogP contribution is -2.27. The molecule has 0 fully saturated rings. The van der Waals surface area contributed by atoms with Crippen LogP contribution in [0.1, 0.15) is 24.6 Å². The Balaban J connectivity index is 2.52. The normalized spacial score (nSPS) is 14.3. The van der Waals surface area contributed by atoms with Crippen molar-refractivity contribution in [3.8, 4) is 0 Å². The first-order chi connectivity index (χ1) is 8.16. The highest BCUT2D eigenvalue weighted by molar-refractivity contribution is 9.10. The largest absolute Gasteiger partial charge is 0.379 e. The van der Waals surface area contributed by atoms with Gasteiger partial charge >= 0.3 is 0 Å². The molecule has 0 aliphatic heterocycles. The SMILES string of the molecule is CCC(O)(c1cccc(Br)c1)c1cnccn1. The van der Waals surface area contributed by atoms with Crippen molar-refractivity contribution in [3.63, 3.8) is 0 Å². The fraction of sp³-hybridized carbons (Fsp3) is 0.231. The van der Waals surface area contributed by atoms with E-state index in [1.165, 1.54) is 0 Å². The molecule has 0 saturated carbocycles. The molecule has 1 N–H and O–H groups in total. The second-order valence-electron chi connectivity index (χ2n) is 3.81. The first-order valence-electron chi connectivity index (χ1n) is 5.41. The molecule has 3 nitrogen and oxygen atoms in total. The van der Waals surface area contributed by atoms with E-state index in [0.717, 1.165) is 10.0 Å². The van der Waals surface area contributed by atoms with E-state index in [9.17, 15) is 5.11 Å². The second kappa shape index (κ2) is 4.94. The van der Waals surface area contributed by atoms with Crippen LogP contribution in [-0.2, 0) is 5.60 Å². The third-order valence-electron chi connectivity index (χ3n) is 2.80. The quantitative estimate of drug-likeness (QED) is 0.946. The highest BCUT2D eigenvalue weighted by Gasteiger charge is 2.31. The summed E-state index contributed by atoms with van der Waals surface area (Å²) in [5, 5.41) is 10.8. The van der Waals surface area contributed by atoms with Crippen LogP contribution in [0.15, 0.2) is 47.3 Å². The maximum Gasteiger partial charge on any atom is 0.133 e. The van der Waals surface area contributed by atoms with Gasteiger partial charge in [0, 0.05) is 16.9 Å². The summed E-state index contributed by atoms with van der Waals surface area (Å²) in [6, 6.07) is 7.62. The molecule has 1 atom stereocenters. The van der Waals surface area contributed by atoms with E-state index in [1.54, 1.807) is 18.6 Å². The van der Waals surface area contributed by atoms with Crippen LogP contribution in [0.5, 0.6) is 0 Å². The van der Waals surface area contributed by atoms with Crippen LogP contribution < -0.4 is 0 Å². The van der Waals surface area contributed by atoms with E-state index in [2.05, 4.69) is 25.9 Å². The molecule has 17 heavy (non-hydrogen) atoms. The van der Waals surface area contributed by atoms with Crippen molar-refractivity contribution in [2.24, 2.45) is 0 Å². The zero-order chi connectivity index (χ0) is 12.3. The Kier molecular flexibility index (Phi) is 3.54. The maximum absolute atomic E-state index is 10.8. The number of hydrogen-bond acceptors (Lipinski definition) is 3. The minimum atomic E-state index is -1.09. The molecule has 1 heterocycles. The number of hydrogen-bond donors (Lipinski definition) is 1. The van der Waals surface area contributed by atoms with E-state index in [1.807, 2.05) is 31.2 Å². The summed E-state index contributed by atoms with van der Waals surface area (Å²) in [7, 11) is 0. The molecule has 0 spiro atoms. The lowest BCUT2D eigenvalue weighted by molar-refractivity contribution is 0.0714. The molecule has 1 aromatic heterocycles. The molecule has 1 unspecified atom stereocenters. The first-order valence-corrected chi connectivity index (χ1v) is 6.21. The van der Waals surface area contributed by atoms with Gasteiger partial charge in [-0.3, -0.25) is 9.97 Å². The molecular weight excluding hydrogens is 280 g/mol.